The highest BCUT2D eigenvalue weighted by molar-refractivity contribution is 7.14. The van der Waals surface area contributed by atoms with Crippen LogP contribution in [0.4, 0.5) is 5.13 Å². The van der Waals surface area contributed by atoms with Gasteiger partial charge in [0.25, 0.3) is 5.91 Å². The molecule has 6 nitrogen and oxygen atoms in total. The minimum absolute atomic E-state index is 0.000894. The maximum atomic E-state index is 12.2. The summed E-state index contributed by atoms with van der Waals surface area (Å²) in [6.07, 6.45) is 2.72. The lowest BCUT2D eigenvalue weighted by molar-refractivity contribution is -0.119. The van der Waals surface area contributed by atoms with E-state index in [0.29, 0.717) is 17.4 Å². The standard InChI is InChI=1S/C24H27N3O3S/c1-3-18-6-4-8-21(14-18)30-15-23(29)27-24-26-22(16-31-24)20-11-9-19(10-12-20)7-5-13-25-17(2)28/h4,6,8-12,14,16H,3,5,7,13,15H2,1-2H3,(H,25,28)(H,26,27,29). The summed E-state index contributed by atoms with van der Waals surface area (Å²) in [5, 5.41) is 8.07. The largest absolute Gasteiger partial charge is 0.484 e. The van der Waals surface area contributed by atoms with E-state index in [4.69, 9.17) is 4.74 Å². The Kier molecular flexibility index (Phi) is 8.18. The Labute approximate surface area is 186 Å². The molecule has 3 rings (SSSR count). The molecule has 0 aliphatic rings. The third-order valence-electron chi connectivity index (χ3n) is 4.69. The van der Waals surface area contributed by atoms with Gasteiger partial charge in [-0.15, -0.1) is 11.3 Å². The number of aromatic nitrogens is 1. The molecular weight excluding hydrogens is 410 g/mol. The summed E-state index contributed by atoms with van der Waals surface area (Å²) in [5.74, 6) is 0.447. The van der Waals surface area contributed by atoms with Crippen LogP contribution in [0.25, 0.3) is 11.3 Å². The quantitative estimate of drug-likeness (QED) is 0.459. The molecule has 0 aliphatic heterocycles. The van der Waals surface area contributed by atoms with Crippen molar-refractivity contribution in [2.45, 2.75) is 33.1 Å². The average molecular weight is 438 g/mol. The molecule has 0 bridgehead atoms. The first-order chi connectivity index (χ1) is 15.0. The summed E-state index contributed by atoms with van der Waals surface area (Å²) in [6.45, 7) is 4.22. The van der Waals surface area contributed by atoms with Gasteiger partial charge in [0.15, 0.2) is 11.7 Å². The molecule has 7 heteroatoms. The third kappa shape index (κ3) is 7.22. The molecule has 1 aromatic heterocycles. The molecule has 31 heavy (non-hydrogen) atoms. The van der Waals surface area contributed by atoms with Crippen molar-refractivity contribution in [3.8, 4) is 17.0 Å². The van der Waals surface area contributed by atoms with Gasteiger partial charge < -0.3 is 10.1 Å². The molecule has 2 amide bonds. The molecule has 0 atom stereocenters. The van der Waals surface area contributed by atoms with Gasteiger partial charge in [0.1, 0.15) is 5.75 Å². The van der Waals surface area contributed by atoms with E-state index >= 15 is 0 Å². The van der Waals surface area contributed by atoms with E-state index in [-0.39, 0.29) is 18.4 Å². The van der Waals surface area contributed by atoms with Crippen molar-refractivity contribution in [1.82, 2.24) is 10.3 Å². The van der Waals surface area contributed by atoms with Gasteiger partial charge in [0.2, 0.25) is 5.91 Å². The number of amides is 2. The van der Waals surface area contributed by atoms with Crippen LogP contribution in [0.2, 0.25) is 0 Å². The highest BCUT2D eigenvalue weighted by atomic mass is 32.1. The van der Waals surface area contributed by atoms with Gasteiger partial charge in [-0.3, -0.25) is 14.9 Å². The zero-order valence-corrected chi connectivity index (χ0v) is 18.6. The van der Waals surface area contributed by atoms with Crippen molar-refractivity contribution in [2.24, 2.45) is 0 Å². The minimum atomic E-state index is -0.239. The SMILES string of the molecule is CCc1cccc(OCC(=O)Nc2nc(-c3ccc(CCCNC(C)=O)cc3)cs2)c1. The van der Waals surface area contributed by atoms with Crippen LogP contribution in [0, 0.1) is 0 Å². The van der Waals surface area contributed by atoms with Gasteiger partial charge in [-0.25, -0.2) is 4.98 Å². The lowest BCUT2D eigenvalue weighted by Crippen LogP contribution is -2.21. The predicted octanol–water partition coefficient (Wildman–Crippen LogP) is 4.46. The number of aryl methyl sites for hydroxylation is 2. The average Bonchev–Trinajstić information content (AvgIpc) is 3.24. The molecule has 2 aromatic carbocycles. The summed E-state index contributed by atoms with van der Waals surface area (Å²) < 4.78 is 5.58. The number of hydrogen-bond acceptors (Lipinski definition) is 5. The monoisotopic (exact) mass is 437 g/mol. The molecule has 0 saturated heterocycles. The fourth-order valence-electron chi connectivity index (χ4n) is 3.02. The van der Waals surface area contributed by atoms with Crippen molar-refractivity contribution in [3.63, 3.8) is 0 Å². The van der Waals surface area contributed by atoms with Gasteiger partial charge in [-0.2, -0.15) is 0 Å². The number of nitrogens with zero attached hydrogens (tertiary/aromatic N) is 1. The van der Waals surface area contributed by atoms with E-state index in [1.165, 1.54) is 29.4 Å². The van der Waals surface area contributed by atoms with E-state index in [1.54, 1.807) is 0 Å². The summed E-state index contributed by atoms with van der Waals surface area (Å²) >= 11 is 1.39. The van der Waals surface area contributed by atoms with Gasteiger partial charge in [-0.1, -0.05) is 43.3 Å². The minimum Gasteiger partial charge on any atom is -0.484 e. The Morgan fingerprint density at radius 2 is 1.90 bits per heavy atom. The number of carbonyl (C=O) groups is 2. The second kappa shape index (κ2) is 11.3. The number of carbonyl (C=O) groups excluding carboxylic acids is 2. The van der Waals surface area contributed by atoms with Crippen LogP contribution < -0.4 is 15.4 Å². The lowest BCUT2D eigenvalue weighted by Gasteiger charge is -2.07. The van der Waals surface area contributed by atoms with Crippen molar-refractivity contribution < 1.29 is 14.3 Å². The van der Waals surface area contributed by atoms with E-state index in [2.05, 4.69) is 34.7 Å². The van der Waals surface area contributed by atoms with Crippen LogP contribution in [0.3, 0.4) is 0 Å². The first kappa shape index (κ1) is 22.5. The zero-order valence-electron chi connectivity index (χ0n) is 17.8. The molecule has 162 valence electrons. The Morgan fingerprint density at radius 3 is 2.65 bits per heavy atom. The fourth-order valence-corrected chi connectivity index (χ4v) is 3.76. The van der Waals surface area contributed by atoms with Crippen molar-refractivity contribution in [1.29, 1.82) is 0 Å². The molecule has 0 unspecified atom stereocenters. The summed E-state index contributed by atoms with van der Waals surface area (Å²) in [7, 11) is 0. The summed E-state index contributed by atoms with van der Waals surface area (Å²) in [6, 6.07) is 15.9. The van der Waals surface area contributed by atoms with Gasteiger partial charge >= 0.3 is 0 Å². The Bertz CT molecular complexity index is 1010. The van der Waals surface area contributed by atoms with Gasteiger partial charge in [-0.05, 0) is 42.5 Å². The molecule has 0 saturated carbocycles. The summed E-state index contributed by atoms with van der Waals surface area (Å²) in [4.78, 5) is 27.6. The highest BCUT2D eigenvalue weighted by Crippen LogP contribution is 2.25. The Balaban J connectivity index is 1.49. The van der Waals surface area contributed by atoms with Crippen LogP contribution in [0.1, 0.15) is 31.4 Å². The zero-order chi connectivity index (χ0) is 22.1. The summed E-state index contributed by atoms with van der Waals surface area (Å²) in [5.41, 5.74) is 4.19. The van der Waals surface area contributed by atoms with Crippen LogP contribution in [0.15, 0.2) is 53.9 Å². The second-order valence-electron chi connectivity index (χ2n) is 7.16. The van der Waals surface area contributed by atoms with E-state index < -0.39 is 0 Å². The maximum absolute atomic E-state index is 12.2. The second-order valence-corrected chi connectivity index (χ2v) is 8.02. The molecule has 0 spiro atoms. The van der Waals surface area contributed by atoms with E-state index in [0.717, 1.165) is 30.5 Å². The normalized spacial score (nSPS) is 10.5. The Morgan fingerprint density at radius 1 is 1.10 bits per heavy atom. The third-order valence-corrected chi connectivity index (χ3v) is 5.45. The predicted molar refractivity (Wildman–Crippen MR) is 124 cm³/mol. The number of rotatable bonds is 10. The van der Waals surface area contributed by atoms with Crippen LogP contribution in [0.5, 0.6) is 5.75 Å². The van der Waals surface area contributed by atoms with Crippen LogP contribution in [-0.2, 0) is 22.4 Å². The van der Waals surface area contributed by atoms with Crippen molar-refractivity contribution >= 4 is 28.3 Å². The Hall–Kier alpha value is -3.19. The van der Waals surface area contributed by atoms with Crippen molar-refractivity contribution in [2.75, 3.05) is 18.5 Å². The van der Waals surface area contributed by atoms with Crippen LogP contribution in [-0.4, -0.2) is 29.9 Å². The molecule has 2 N–H and O–H groups in total. The lowest BCUT2D eigenvalue weighted by atomic mass is 10.1. The van der Waals surface area contributed by atoms with Gasteiger partial charge in [0.05, 0.1) is 5.69 Å². The number of ether oxygens (including phenoxy) is 1. The fraction of sp³-hybridized carbons (Fsp3) is 0.292. The topological polar surface area (TPSA) is 80.3 Å². The number of benzene rings is 2. The molecule has 0 aliphatic carbocycles. The van der Waals surface area contributed by atoms with E-state index in [1.807, 2.05) is 41.8 Å². The smallest absolute Gasteiger partial charge is 0.264 e. The number of hydrogen-bond donors (Lipinski definition) is 2. The molecular formula is C24H27N3O3S. The number of thiazole rings is 1. The number of anilines is 1. The first-order valence-electron chi connectivity index (χ1n) is 10.3. The number of nitrogens with one attached hydrogen (secondary N) is 2. The van der Waals surface area contributed by atoms with Crippen LogP contribution >= 0.6 is 11.3 Å². The maximum Gasteiger partial charge on any atom is 0.264 e. The molecule has 0 radical (unpaired) electrons. The highest BCUT2D eigenvalue weighted by Gasteiger charge is 2.09. The first-order valence-corrected chi connectivity index (χ1v) is 11.2. The molecule has 3 aromatic rings. The van der Waals surface area contributed by atoms with Gasteiger partial charge in [0, 0.05) is 24.4 Å². The van der Waals surface area contributed by atoms with E-state index in [9.17, 15) is 9.59 Å². The molecule has 1 heterocycles. The van der Waals surface area contributed by atoms with Crippen molar-refractivity contribution in [3.05, 3.63) is 65.0 Å². The molecule has 0 fully saturated rings.